The first-order valence-corrected chi connectivity index (χ1v) is 14.4. The summed E-state index contributed by atoms with van der Waals surface area (Å²) in [6, 6.07) is 9.24. The van der Waals surface area contributed by atoms with Crippen molar-refractivity contribution in [1.82, 2.24) is 14.1 Å². The zero-order valence-corrected chi connectivity index (χ0v) is 22.5. The van der Waals surface area contributed by atoms with Gasteiger partial charge < -0.3 is 23.5 Å². The fraction of sp³-hybridized carbons (Fsp3) is 0.577. The van der Waals surface area contributed by atoms with Gasteiger partial charge in [0.25, 0.3) is 0 Å². The Balaban J connectivity index is 1.51. The molecule has 0 aliphatic carbocycles. The largest absolute Gasteiger partial charge is 0.464 e. The zero-order valence-electron chi connectivity index (χ0n) is 21.7. The van der Waals surface area contributed by atoms with Gasteiger partial charge in [0.15, 0.2) is 11.5 Å². The van der Waals surface area contributed by atoms with Crippen LogP contribution in [0.1, 0.15) is 36.8 Å². The molecule has 2 aliphatic rings. The predicted octanol–water partition coefficient (Wildman–Crippen LogP) is 2.61. The van der Waals surface area contributed by atoms with E-state index in [-0.39, 0.29) is 44.6 Å². The van der Waals surface area contributed by atoms with Crippen LogP contribution in [-0.4, -0.2) is 86.9 Å². The number of carbonyl (C=O) groups is 1. The number of hydrogen-bond acceptors (Lipinski definition) is 8. The van der Waals surface area contributed by atoms with Crippen LogP contribution in [0.4, 0.5) is 0 Å². The highest BCUT2D eigenvalue weighted by molar-refractivity contribution is 7.89. The number of sulfonamides is 1. The van der Waals surface area contributed by atoms with E-state index in [1.807, 2.05) is 44.2 Å². The second-order valence-corrected chi connectivity index (χ2v) is 11.5. The lowest BCUT2D eigenvalue weighted by molar-refractivity contribution is -0.133. The quantitative estimate of drug-likeness (QED) is 0.386. The third-order valence-corrected chi connectivity index (χ3v) is 8.44. The highest BCUT2D eigenvalue weighted by atomic mass is 32.2. The number of nitrogens with zero attached hydrogens (tertiary/aromatic N) is 3. The van der Waals surface area contributed by atoms with Crippen molar-refractivity contribution in [3.63, 3.8) is 0 Å². The topological polar surface area (TPSA) is 102 Å². The smallest absolute Gasteiger partial charge is 0.238 e. The van der Waals surface area contributed by atoms with Gasteiger partial charge in [-0.1, -0.05) is 19.4 Å². The maximum Gasteiger partial charge on any atom is 0.238 e. The molecule has 4 rings (SSSR count). The van der Waals surface area contributed by atoms with E-state index in [4.69, 9.17) is 18.6 Å². The van der Waals surface area contributed by atoms with Gasteiger partial charge in [0.2, 0.25) is 22.7 Å². The Labute approximate surface area is 219 Å². The molecule has 11 heteroatoms. The molecule has 1 aromatic carbocycles. The molecule has 0 spiro atoms. The van der Waals surface area contributed by atoms with Crippen molar-refractivity contribution in [2.24, 2.45) is 0 Å². The summed E-state index contributed by atoms with van der Waals surface area (Å²) >= 11 is 0. The van der Waals surface area contributed by atoms with Crippen LogP contribution in [-0.2, 0) is 32.6 Å². The molecular weight excluding hydrogens is 498 g/mol. The monoisotopic (exact) mass is 535 g/mol. The molecule has 0 saturated carbocycles. The second kappa shape index (κ2) is 12.8. The Hall–Kier alpha value is -2.60. The fourth-order valence-electron chi connectivity index (χ4n) is 4.35. The summed E-state index contributed by atoms with van der Waals surface area (Å²) in [6.07, 6.45) is 1.32. The summed E-state index contributed by atoms with van der Waals surface area (Å²) < 4.78 is 49.8. The number of furan rings is 1. The number of hydrogen-bond donors (Lipinski definition) is 0. The van der Waals surface area contributed by atoms with Crippen molar-refractivity contribution in [2.75, 3.05) is 58.5 Å². The molecule has 0 atom stereocenters. The summed E-state index contributed by atoms with van der Waals surface area (Å²) in [6.45, 7) is 7.85. The van der Waals surface area contributed by atoms with Gasteiger partial charge in [-0.05, 0) is 43.2 Å². The fourth-order valence-corrected chi connectivity index (χ4v) is 5.93. The van der Waals surface area contributed by atoms with Gasteiger partial charge in [-0.3, -0.25) is 9.69 Å². The second-order valence-electron chi connectivity index (χ2n) is 9.41. The van der Waals surface area contributed by atoms with Crippen molar-refractivity contribution in [1.29, 1.82) is 0 Å². The molecule has 0 N–H and O–H groups in total. The van der Waals surface area contributed by atoms with E-state index in [1.54, 1.807) is 4.90 Å². The number of fused-ring (bicyclic) bond motifs is 1. The highest BCUT2D eigenvalue weighted by Gasteiger charge is 2.28. The minimum absolute atomic E-state index is 0.0272. The lowest BCUT2D eigenvalue weighted by Crippen LogP contribution is -2.47. The van der Waals surface area contributed by atoms with Crippen LogP contribution in [0.2, 0.25) is 0 Å². The number of benzene rings is 1. The Kier molecular flexibility index (Phi) is 9.47. The van der Waals surface area contributed by atoms with Gasteiger partial charge >= 0.3 is 0 Å². The molecule has 1 amide bonds. The Morgan fingerprint density at radius 2 is 1.84 bits per heavy atom. The average molecular weight is 536 g/mol. The van der Waals surface area contributed by atoms with Crippen LogP contribution in [0.25, 0.3) is 0 Å². The number of carbonyl (C=O) groups excluding carboxylic acids is 1. The van der Waals surface area contributed by atoms with Crippen LogP contribution in [0.3, 0.4) is 0 Å². The van der Waals surface area contributed by atoms with Crippen LogP contribution < -0.4 is 9.47 Å². The number of morpholine rings is 1. The first kappa shape index (κ1) is 27.4. The van der Waals surface area contributed by atoms with Gasteiger partial charge in [-0.15, -0.1) is 0 Å². The van der Waals surface area contributed by atoms with Gasteiger partial charge in [-0.25, -0.2) is 8.42 Å². The molecule has 2 aliphatic heterocycles. The van der Waals surface area contributed by atoms with Crippen molar-refractivity contribution in [3.05, 3.63) is 47.4 Å². The van der Waals surface area contributed by atoms with E-state index in [9.17, 15) is 13.2 Å². The normalized spacial score (nSPS) is 15.9. The number of unbranched alkanes of at least 4 members (excludes halogenated alkanes) is 1. The minimum Gasteiger partial charge on any atom is -0.464 e. The molecule has 0 radical (unpaired) electrons. The van der Waals surface area contributed by atoms with Gasteiger partial charge in [0.05, 0.1) is 32.1 Å². The molecule has 3 heterocycles. The third-order valence-electron chi connectivity index (χ3n) is 6.54. The molecule has 1 saturated heterocycles. The number of rotatable bonds is 13. The minimum atomic E-state index is -3.60. The number of amides is 1. The summed E-state index contributed by atoms with van der Waals surface area (Å²) in [5.74, 6) is 2.43. The van der Waals surface area contributed by atoms with Crippen molar-refractivity contribution < 1.29 is 31.8 Å². The lowest BCUT2D eigenvalue weighted by atomic mass is 10.2. The molecule has 10 nitrogen and oxygen atoms in total. The predicted molar refractivity (Wildman–Crippen MR) is 138 cm³/mol. The molecule has 2 aromatic rings. The van der Waals surface area contributed by atoms with Gasteiger partial charge in [-0.2, -0.15) is 4.31 Å². The highest BCUT2D eigenvalue weighted by Crippen LogP contribution is 2.33. The maximum absolute atomic E-state index is 13.7. The maximum atomic E-state index is 13.7. The van der Waals surface area contributed by atoms with E-state index in [2.05, 4.69) is 4.90 Å². The standard InChI is InChI=1S/C26H37N3O7S/c1-3-4-15-37(31,32)29(10-9-27-11-13-33-14-12-27)19-26(30)28(18-23-7-5-21(2)36-23)17-22-6-8-24-25(16-22)35-20-34-24/h5-8,16H,3-4,9-15,17-20H2,1-2H3. The first-order chi connectivity index (χ1) is 17.8. The molecule has 37 heavy (non-hydrogen) atoms. The van der Waals surface area contributed by atoms with E-state index in [0.29, 0.717) is 43.4 Å². The molecule has 204 valence electrons. The average Bonchev–Trinajstić information content (AvgIpc) is 3.53. The number of aryl methyl sites for hydroxylation is 1. The van der Waals surface area contributed by atoms with Crippen molar-refractivity contribution in [2.45, 2.75) is 39.8 Å². The van der Waals surface area contributed by atoms with Crippen LogP contribution in [0, 0.1) is 6.92 Å². The SMILES string of the molecule is CCCCS(=O)(=O)N(CCN1CCOCC1)CC(=O)N(Cc1ccc2c(c1)OCO2)Cc1ccc(C)o1. The Morgan fingerprint density at radius 1 is 1.05 bits per heavy atom. The van der Waals surface area contributed by atoms with Crippen LogP contribution >= 0.6 is 0 Å². The van der Waals surface area contributed by atoms with Crippen LogP contribution in [0.15, 0.2) is 34.7 Å². The van der Waals surface area contributed by atoms with Crippen LogP contribution in [0.5, 0.6) is 11.5 Å². The van der Waals surface area contributed by atoms with Gasteiger partial charge in [0.1, 0.15) is 11.5 Å². The van der Waals surface area contributed by atoms with E-state index in [1.165, 1.54) is 4.31 Å². The summed E-state index contributed by atoms with van der Waals surface area (Å²) in [7, 11) is -3.60. The molecule has 0 bridgehead atoms. The van der Waals surface area contributed by atoms with E-state index >= 15 is 0 Å². The molecule has 1 aromatic heterocycles. The zero-order chi connectivity index (χ0) is 26.3. The molecule has 0 unspecified atom stereocenters. The molecular formula is C26H37N3O7S. The molecule has 1 fully saturated rings. The Bertz CT molecular complexity index is 1140. The summed E-state index contributed by atoms with van der Waals surface area (Å²) in [4.78, 5) is 17.5. The first-order valence-electron chi connectivity index (χ1n) is 12.8. The summed E-state index contributed by atoms with van der Waals surface area (Å²) in [5.41, 5.74) is 0.856. The summed E-state index contributed by atoms with van der Waals surface area (Å²) in [5, 5.41) is 0. The van der Waals surface area contributed by atoms with Crippen molar-refractivity contribution in [3.8, 4) is 11.5 Å². The van der Waals surface area contributed by atoms with Gasteiger partial charge in [0, 0.05) is 32.7 Å². The Morgan fingerprint density at radius 3 is 2.57 bits per heavy atom. The van der Waals surface area contributed by atoms with E-state index in [0.717, 1.165) is 30.8 Å². The van der Waals surface area contributed by atoms with E-state index < -0.39 is 10.0 Å². The third kappa shape index (κ3) is 7.70. The number of ether oxygens (including phenoxy) is 3. The lowest BCUT2D eigenvalue weighted by Gasteiger charge is -2.31. The van der Waals surface area contributed by atoms with Crippen molar-refractivity contribution >= 4 is 15.9 Å².